The van der Waals surface area contributed by atoms with E-state index in [1.807, 2.05) is 13.8 Å². The van der Waals surface area contributed by atoms with E-state index in [0.717, 1.165) is 12.8 Å². The highest BCUT2D eigenvalue weighted by molar-refractivity contribution is 7.89. The molecule has 0 aliphatic rings. The molecule has 0 fully saturated rings. The fraction of sp³-hybridized carbons (Fsp3) is 0.636. The maximum Gasteiger partial charge on any atom is 0.243 e. The van der Waals surface area contributed by atoms with Gasteiger partial charge in [-0.05, 0) is 12.5 Å². The van der Waals surface area contributed by atoms with E-state index in [0.29, 0.717) is 22.9 Å². The zero-order chi connectivity index (χ0) is 12.9. The lowest BCUT2D eigenvalue weighted by Crippen LogP contribution is -2.31. The monoisotopic (exact) mass is 277 g/mol. The molecule has 4 nitrogen and oxygen atoms in total. The molecule has 0 radical (unpaired) electrons. The van der Waals surface area contributed by atoms with E-state index < -0.39 is 10.0 Å². The molecule has 1 aromatic heterocycles. The van der Waals surface area contributed by atoms with Crippen LogP contribution in [0.3, 0.4) is 0 Å². The third-order valence-corrected chi connectivity index (χ3v) is 5.56. The second kappa shape index (κ2) is 6.49. The minimum atomic E-state index is -3.38. The Labute approximate surface area is 107 Å². The summed E-state index contributed by atoms with van der Waals surface area (Å²) < 4.78 is 26.0. The predicted octanol–water partition coefficient (Wildman–Crippen LogP) is 2.05. The summed E-state index contributed by atoms with van der Waals surface area (Å²) in [5.41, 5.74) is 0. The highest BCUT2D eigenvalue weighted by Crippen LogP contribution is 2.22. The summed E-state index contributed by atoms with van der Waals surface area (Å²) >= 11 is 1.27. The van der Waals surface area contributed by atoms with Crippen LogP contribution in [0.2, 0.25) is 0 Å². The molecule has 0 spiro atoms. The van der Waals surface area contributed by atoms with Crippen LogP contribution in [-0.2, 0) is 16.6 Å². The number of aliphatic hydroxyl groups excluding tert-OH is 1. The quantitative estimate of drug-likeness (QED) is 0.830. The molecule has 0 bridgehead atoms. The van der Waals surface area contributed by atoms with Crippen molar-refractivity contribution in [1.29, 1.82) is 0 Å². The van der Waals surface area contributed by atoms with Gasteiger partial charge in [-0.25, -0.2) is 8.42 Å². The molecule has 98 valence electrons. The minimum Gasteiger partial charge on any atom is -0.391 e. The molecule has 17 heavy (non-hydrogen) atoms. The molecular formula is C11H19NO3S2. The number of aliphatic hydroxyl groups is 1. The Kier molecular flexibility index (Phi) is 5.58. The van der Waals surface area contributed by atoms with Gasteiger partial charge in [0.2, 0.25) is 10.0 Å². The molecule has 0 atom stereocenters. The Balaban J connectivity index is 2.91. The van der Waals surface area contributed by atoms with Crippen LogP contribution in [0.5, 0.6) is 0 Å². The highest BCUT2D eigenvalue weighted by atomic mass is 32.2. The molecule has 6 heteroatoms. The van der Waals surface area contributed by atoms with Gasteiger partial charge in [-0.15, -0.1) is 11.3 Å². The second-order valence-corrected chi connectivity index (χ2v) is 6.69. The van der Waals surface area contributed by atoms with Crippen molar-refractivity contribution in [3.8, 4) is 0 Å². The summed E-state index contributed by atoms with van der Waals surface area (Å²) in [4.78, 5) is 0.972. The van der Waals surface area contributed by atoms with Gasteiger partial charge in [0, 0.05) is 23.3 Å². The third-order valence-electron chi connectivity index (χ3n) is 2.54. The fourth-order valence-electron chi connectivity index (χ4n) is 1.51. The average molecular weight is 277 g/mol. The molecule has 0 saturated carbocycles. The molecule has 1 N–H and O–H groups in total. The Morgan fingerprint density at radius 3 is 2.59 bits per heavy atom. The number of thiophene rings is 1. The van der Waals surface area contributed by atoms with Crippen LogP contribution in [0.1, 0.15) is 31.6 Å². The number of unbranched alkanes of at least 4 members (excludes halogenated alkanes) is 1. The minimum absolute atomic E-state index is 0.110. The Morgan fingerprint density at radius 1 is 1.41 bits per heavy atom. The van der Waals surface area contributed by atoms with E-state index >= 15 is 0 Å². The van der Waals surface area contributed by atoms with Crippen LogP contribution in [0, 0.1) is 0 Å². The molecule has 0 aliphatic carbocycles. The lowest BCUT2D eigenvalue weighted by molar-refractivity contribution is 0.285. The molecule has 1 rings (SSSR count). The van der Waals surface area contributed by atoms with Crippen LogP contribution in [0.15, 0.2) is 16.3 Å². The van der Waals surface area contributed by atoms with Crippen molar-refractivity contribution in [1.82, 2.24) is 4.31 Å². The largest absolute Gasteiger partial charge is 0.391 e. The molecule has 0 unspecified atom stereocenters. The molecule has 0 amide bonds. The van der Waals surface area contributed by atoms with Crippen molar-refractivity contribution < 1.29 is 13.5 Å². The second-order valence-electron chi connectivity index (χ2n) is 3.76. The standard InChI is InChI=1S/C11H19NO3S2/c1-3-5-6-12(4-2)17(14,15)11-7-10(8-13)16-9-11/h7,9,13H,3-6,8H2,1-2H3. The van der Waals surface area contributed by atoms with Crippen LogP contribution in [-0.4, -0.2) is 30.9 Å². The van der Waals surface area contributed by atoms with Crippen LogP contribution < -0.4 is 0 Å². The van der Waals surface area contributed by atoms with E-state index in [-0.39, 0.29) is 6.61 Å². The SMILES string of the molecule is CCCCN(CC)S(=O)(=O)c1csc(CO)c1. The molecule has 0 aromatic carbocycles. The number of rotatable bonds is 7. The summed E-state index contributed by atoms with van der Waals surface area (Å²) in [6.45, 7) is 4.80. The van der Waals surface area contributed by atoms with Gasteiger partial charge in [-0.3, -0.25) is 0 Å². The molecule has 0 aliphatic heterocycles. The summed E-state index contributed by atoms with van der Waals surface area (Å²) in [5, 5.41) is 10.5. The lowest BCUT2D eigenvalue weighted by Gasteiger charge is -2.19. The number of hydrogen-bond acceptors (Lipinski definition) is 4. The van der Waals surface area contributed by atoms with Crippen LogP contribution >= 0.6 is 11.3 Å². The first-order valence-corrected chi connectivity index (χ1v) is 8.06. The lowest BCUT2D eigenvalue weighted by atomic mass is 10.3. The third kappa shape index (κ3) is 3.51. The summed E-state index contributed by atoms with van der Waals surface area (Å²) in [5.74, 6) is 0. The fourth-order valence-corrected chi connectivity index (χ4v) is 4.12. The topological polar surface area (TPSA) is 57.6 Å². The first-order chi connectivity index (χ1) is 8.06. The van der Waals surface area contributed by atoms with Gasteiger partial charge >= 0.3 is 0 Å². The van der Waals surface area contributed by atoms with Gasteiger partial charge in [0.05, 0.1) is 11.5 Å². The van der Waals surface area contributed by atoms with Gasteiger partial charge in [-0.2, -0.15) is 4.31 Å². The Morgan fingerprint density at radius 2 is 2.12 bits per heavy atom. The molecule has 0 saturated heterocycles. The average Bonchev–Trinajstić information content (AvgIpc) is 2.79. The van der Waals surface area contributed by atoms with E-state index in [4.69, 9.17) is 5.11 Å². The first kappa shape index (κ1) is 14.6. The van der Waals surface area contributed by atoms with Gasteiger partial charge < -0.3 is 5.11 Å². The van der Waals surface area contributed by atoms with Crippen molar-refractivity contribution >= 4 is 21.4 Å². The predicted molar refractivity (Wildman–Crippen MR) is 69.6 cm³/mol. The molecule has 1 aromatic rings. The van der Waals surface area contributed by atoms with Crippen LogP contribution in [0.25, 0.3) is 0 Å². The number of hydrogen-bond donors (Lipinski definition) is 1. The zero-order valence-corrected chi connectivity index (χ0v) is 11.9. The van der Waals surface area contributed by atoms with E-state index in [2.05, 4.69) is 0 Å². The van der Waals surface area contributed by atoms with Crippen molar-refractivity contribution in [2.45, 2.75) is 38.2 Å². The van der Waals surface area contributed by atoms with Crippen molar-refractivity contribution in [2.75, 3.05) is 13.1 Å². The maximum atomic E-state index is 12.2. The smallest absolute Gasteiger partial charge is 0.243 e. The van der Waals surface area contributed by atoms with E-state index in [1.165, 1.54) is 15.6 Å². The van der Waals surface area contributed by atoms with Gasteiger partial charge in [0.1, 0.15) is 0 Å². The van der Waals surface area contributed by atoms with E-state index in [1.54, 1.807) is 11.4 Å². The van der Waals surface area contributed by atoms with Crippen LogP contribution in [0.4, 0.5) is 0 Å². The molecular weight excluding hydrogens is 258 g/mol. The zero-order valence-electron chi connectivity index (χ0n) is 10.2. The van der Waals surface area contributed by atoms with Crippen molar-refractivity contribution in [3.63, 3.8) is 0 Å². The normalized spacial score (nSPS) is 12.2. The maximum absolute atomic E-state index is 12.2. The van der Waals surface area contributed by atoms with Gasteiger partial charge in [0.25, 0.3) is 0 Å². The van der Waals surface area contributed by atoms with Gasteiger partial charge in [0.15, 0.2) is 0 Å². The van der Waals surface area contributed by atoms with E-state index in [9.17, 15) is 8.42 Å². The summed E-state index contributed by atoms with van der Waals surface area (Å²) in [7, 11) is -3.38. The van der Waals surface area contributed by atoms with Crippen molar-refractivity contribution in [2.24, 2.45) is 0 Å². The highest BCUT2D eigenvalue weighted by Gasteiger charge is 2.23. The Hall–Kier alpha value is -0.430. The van der Waals surface area contributed by atoms with Crippen molar-refractivity contribution in [3.05, 3.63) is 16.3 Å². The van der Waals surface area contributed by atoms with Gasteiger partial charge in [-0.1, -0.05) is 20.3 Å². The molecule has 1 heterocycles. The first-order valence-electron chi connectivity index (χ1n) is 5.74. The summed E-state index contributed by atoms with van der Waals surface area (Å²) in [6, 6.07) is 1.55. The summed E-state index contributed by atoms with van der Waals surface area (Å²) in [6.07, 6.45) is 1.83. The number of nitrogens with zero attached hydrogens (tertiary/aromatic N) is 1. The number of sulfonamides is 1. The Bertz CT molecular complexity index is 439.